The predicted octanol–water partition coefficient (Wildman–Crippen LogP) is 2.09. The largest absolute Gasteiger partial charge is 0.504 e. The van der Waals surface area contributed by atoms with E-state index in [-0.39, 0.29) is 5.75 Å². The molecule has 0 radical (unpaired) electrons. The predicted molar refractivity (Wildman–Crippen MR) is 64.0 cm³/mol. The lowest BCUT2D eigenvalue weighted by atomic mass is 9.97. The summed E-state index contributed by atoms with van der Waals surface area (Å²) in [5, 5.41) is 13.4. The number of methoxy groups -OCH3 is 1. The van der Waals surface area contributed by atoms with Gasteiger partial charge in [-0.15, -0.1) is 0 Å². The summed E-state index contributed by atoms with van der Waals surface area (Å²) in [6, 6.07) is 6.17. The molecule has 2 N–H and O–H groups in total. The van der Waals surface area contributed by atoms with Crippen LogP contribution in [0.25, 0.3) is 0 Å². The highest BCUT2D eigenvalue weighted by Crippen LogP contribution is 2.30. The molecular formula is C13H19NO2. The summed E-state index contributed by atoms with van der Waals surface area (Å²) in [5.74, 6) is 0.852. The number of phenols is 1. The first kappa shape index (κ1) is 11.3. The topological polar surface area (TPSA) is 41.5 Å². The Hall–Kier alpha value is -1.22. The van der Waals surface area contributed by atoms with Crippen LogP contribution in [0.5, 0.6) is 11.5 Å². The average Bonchev–Trinajstić information content (AvgIpc) is 2.33. The molecule has 16 heavy (non-hydrogen) atoms. The normalized spacial score (nSPS) is 20.7. The van der Waals surface area contributed by atoms with Gasteiger partial charge in [0.15, 0.2) is 11.5 Å². The highest BCUT2D eigenvalue weighted by molar-refractivity contribution is 5.45. The maximum absolute atomic E-state index is 9.97. The van der Waals surface area contributed by atoms with Crippen molar-refractivity contribution in [3.8, 4) is 11.5 Å². The van der Waals surface area contributed by atoms with Crippen LogP contribution in [-0.2, 0) is 6.42 Å². The average molecular weight is 221 g/mol. The summed E-state index contributed by atoms with van der Waals surface area (Å²) in [7, 11) is 1.58. The summed E-state index contributed by atoms with van der Waals surface area (Å²) in [4.78, 5) is 0. The van der Waals surface area contributed by atoms with Crippen LogP contribution in [0.4, 0.5) is 0 Å². The van der Waals surface area contributed by atoms with Gasteiger partial charge in [0, 0.05) is 6.04 Å². The Bertz CT molecular complexity index is 346. The molecule has 1 fully saturated rings. The Labute approximate surface area is 96.4 Å². The van der Waals surface area contributed by atoms with Crippen LogP contribution in [0, 0.1) is 0 Å². The van der Waals surface area contributed by atoms with Crippen LogP contribution in [0.15, 0.2) is 18.2 Å². The Balaban J connectivity index is 2.08. The molecule has 2 rings (SSSR count). The SMILES string of the molecule is COc1cccc(CC2CCCCN2)c1O. The smallest absolute Gasteiger partial charge is 0.160 e. The minimum atomic E-state index is 0.289. The molecule has 1 saturated heterocycles. The maximum atomic E-state index is 9.97. The maximum Gasteiger partial charge on any atom is 0.160 e. The van der Waals surface area contributed by atoms with E-state index in [0.29, 0.717) is 11.8 Å². The van der Waals surface area contributed by atoms with Crippen LogP contribution in [-0.4, -0.2) is 24.8 Å². The summed E-state index contributed by atoms with van der Waals surface area (Å²) in [6.07, 6.45) is 4.61. The fourth-order valence-corrected chi connectivity index (χ4v) is 2.26. The number of benzene rings is 1. The number of aromatic hydroxyl groups is 1. The molecule has 1 unspecified atom stereocenters. The van der Waals surface area contributed by atoms with Gasteiger partial charge in [0.25, 0.3) is 0 Å². The molecule has 0 spiro atoms. The molecule has 1 aromatic carbocycles. The molecule has 1 aromatic rings. The first-order valence-electron chi connectivity index (χ1n) is 5.89. The highest BCUT2D eigenvalue weighted by Gasteiger charge is 2.16. The van der Waals surface area contributed by atoms with Crippen molar-refractivity contribution in [3.05, 3.63) is 23.8 Å². The second-order valence-corrected chi connectivity index (χ2v) is 4.32. The van der Waals surface area contributed by atoms with Crippen LogP contribution >= 0.6 is 0 Å². The van der Waals surface area contributed by atoms with E-state index >= 15 is 0 Å². The van der Waals surface area contributed by atoms with Crippen LogP contribution < -0.4 is 10.1 Å². The molecule has 0 bridgehead atoms. The van der Waals surface area contributed by atoms with Gasteiger partial charge in [-0.25, -0.2) is 0 Å². The van der Waals surface area contributed by atoms with Gasteiger partial charge in [0.2, 0.25) is 0 Å². The molecule has 0 aliphatic carbocycles. The second-order valence-electron chi connectivity index (χ2n) is 4.32. The van der Waals surface area contributed by atoms with Gasteiger partial charge < -0.3 is 15.2 Å². The summed E-state index contributed by atoms with van der Waals surface area (Å²) in [6.45, 7) is 1.09. The van der Waals surface area contributed by atoms with Crippen LogP contribution in [0.1, 0.15) is 24.8 Å². The Kier molecular flexibility index (Phi) is 3.67. The molecular weight excluding hydrogens is 202 g/mol. The molecule has 88 valence electrons. The third kappa shape index (κ3) is 2.47. The molecule has 0 amide bonds. The lowest BCUT2D eigenvalue weighted by Gasteiger charge is -2.24. The number of nitrogens with one attached hydrogen (secondary N) is 1. The summed E-state index contributed by atoms with van der Waals surface area (Å²) >= 11 is 0. The second kappa shape index (κ2) is 5.21. The molecule has 1 atom stereocenters. The third-order valence-corrected chi connectivity index (χ3v) is 3.18. The van der Waals surface area contributed by atoms with Crippen molar-refractivity contribution in [2.24, 2.45) is 0 Å². The fourth-order valence-electron chi connectivity index (χ4n) is 2.26. The number of hydrogen-bond donors (Lipinski definition) is 2. The zero-order chi connectivity index (χ0) is 11.4. The Morgan fingerprint density at radius 2 is 2.31 bits per heavy atom. The van der Waals surface area contributed by atoms with E-state index in [1.54, 1.807) is 13.2 Å². The van der Waals surface area contributed by atoms with E-state index in [4.69, 9.17) is 4.74 Å². The van der Waals surface area contributed by atoms with Crippen LogP contribution in [0.2, 0.25) is 0 Å². The van der Waals surface area contributed by atoms with Crippen molar-refractivity contribution < 1.29 is 9.84 Å². The Morgan fingerprint density at radius 3 is 3.00 bits per heavy atom. The van der Waals surface area contributed by atoms with Gasteiger partial charge in [0.05, 0.1) is 7.11 Å². The first-order valence-corrected chi connectivity index (χ1v) is 5.89. The molecule has 3 heteroatoms. The number of hydrogen-bond acceptors (Lipinski definition) is 3. The van der Waals surface area contributed by atoms with E-state index in [2.05, 4.69) is 5.32 Å². The van der Waals surface area contributed by atoms with Gasteiger partial charge in [-0.3, -0.25) is 0 Å². The van der Waals surface area contributed by atoms with Crippen molar-refractivity contribution in [1.82, 2.24) is 5.32 Å². The van der Waals surface area contributed by atoms with Gasteiger partial charge in [-0.05, 0) is 37.4 Å². The van der Waals surface area contributed by atoms with E-state index in [0.717, 1.165) is 18.5 Å². The minimum Gasteiger partial charge on any atom is -0.504 e. The number of piperidine rings is 1. The number of para-hydroxylation sites is 1. The lowest BCUT2D eigenvalue weighted by Crippen LogP contribution is -2.35. The lowest BCUT2D eigenvalue weighted by molar-refractivity contribution is 0.362. The fraction of sp³-hybridized carbons (Fsp3) is 0.538. The van der Waals surface area contributed by atoms with E-state index in [1.165, 1.54) is 19.3 Å². The summed E-state index contributed by atoms with van der Waals surface area (Å²) in [5.41, 5.74) is 0.971. The van der Waals surface area contributed by atoms with Crippen LogP contribution in [0.3, 0.4) is 0 Å². The molecule has 1 heterocycles. The first-order chi connectivity index (χ1) is 7.81. The summed E-state index contributed by atoms with van der Waals surface area (Å²) < 4.78 is 5.10. The van der Waals surface area contributed by atoms with Gasteiger partial charge in [-0.1, -0.05) is 18.6 Å². The van der Waals surface area contributed by atoms with E-state index in [9.17, 15) is 5.11 Å². The quantitative estimate of drug-likeness (QED) is 0.821. The zero-order valence-electron chi connectivity index (χ0n) is 9.70. The van der Waals surface area contributed by atoms with E-state index < -0.39 is 0 Å². The zero-order valence-corrected chi connectivity index (χ0v) is 9.70. The highest BCUT2D eigenvalue weighted by atomic mass is 16.5. The number of phenolic OH excluding ortho intramolecular Hbond substituents is 1. The minimum absolute atomic E-state index is 0.289. The van der Waals surface area contributed by atoms with Crippen molar-refractivity contribution in [1.29, 1.82) is 0 Å². The molecule has 1 aliphatic rings. The van der Waals surface area contributed by atoms with Gasteiger partial charge in [0.1, 0.15) is 0 Å². The standard InChI is InChI=1S/C13H19NO2/c1-16-12-7-4-5-10(13(12)15)9-11-6-2-3-8-14-11/h4-5,7,11,14-15H,2-3,6,8-9H2,1H3. The molecule has 0 saturated carbocycles. The van der Waals surface area contributed by atoms with E-state index in [1.807, 2.05) is 12.1 Å². The van der Waals surface area contributed by atoms with Gasteiger partial charge in [-0.2, -0.15) is 0 Å². The molecule has 1 aliphatic heterocycles. The van der Waals surface area contributed by atoms with Crippen molar-refractivity contribution >= 4 is 0 Å². The monoisotopic (exact) mass is 221 g/mol. The third-order valence-electron chi connectivity index (χ3n) is 3.18. The molecule has 0 aromatic heterocycles. The van der Waals surface area contributed by atoms with Crippen molar-refractivity contribution in [2.45, 2.75) is 31.7 Å². The van der Waals surface area contributed by atoms with Crippen molar-refractivity contribution in [3.63, 3.8) is 0 Å². The van der Waals surface area contributed by atoms with Crippen molar-refractivity contribution in [2.75, 3.05) is 13.7 Å². The van der Waals surface area contributed by atoms with Gasteiger partial charge >= 0.3 is 0 Å². The number of rotatable bonds is 3. The molecule has 3 nitrogen and oxygen atoms in total. The Morgan fingerprint density at radius 1 is 1.44 bits per heavy atom. The number of ether oxygens (including phenoxy) is 1.